The molecule has 2 rings (SSSR count). The average molecular weight is 267 g/mol. The minimum atomic E-state index is -4.45. The zero-order chi connectivity index (χ0) is 12.7. The van der Waals surface area contributed by atoms with E-state index in [4.69, 9.17) is 4.74 Å². The van der Waals surface area contributed by atoms with Crippen molar-refractivity contribution in [3.8, 4) is 0 Å². The summed E-state index contributed by atoms with van der Waals surface area (Å²) in [6.07, 6.45) is -2.89. The van der Waals surface area contributed by atoms with Gasteiger partial charge >= 0.3 is 6.18 Å². The first-order valence-electron chi connectivity index (χ1n) is 5.19. The van der Waals surface area contributed by atoms with E-state index >= 15 is 0 Å². The molecule has 0 saturated carbocycles. The van der Waals surface area contributed by atoms with Gasteiger partial charge in [-0.3, -0.25) is 0 Å². The molecular formula is C10H12F3NO2S. The van der Waals surface area contributed by atoms with E-state index in [1.165, 1.54) is 0 Å². The number of aromatic nitrogens is 1. The van der Waals surface area contributed by atoms with Gasteiger partial charge < -0.3 is 9.84 Å². The highest BCUT2D eigenvalue weighted by Crippen LogP contribution is 2.41. The molecule has 0 bridgehead atoms. The van der Waals surface area contributed by atoms with Crippen molar-refractivity contribution in [2.45, 2.75) is 37.6 Å². The number of nitrogens with zero attached hydrogens (tertiary/aromatic N) is 1. The standard InChI is InChI=1S/C10H12F3NO2S/c1-6-4-9(15,2-3-16-6)7-5-14-8(17-7)10(11,12)13/h5-6,15H,2-4H2,1H3. The van der Waals surface area contributed by atoms with Crippen molar-refractivity contribution >= 4 is 11.3 Å². The molecule has 1 aromatic heterocycles. The van der Waals surface area contributed by atoms with E-state index in [-0.39, 0.29) is 11.0 Å². The second-order valence-electron chi connectivity index (χ2n) is 4.19. The molecule has 1 aliphatic heterocycles. The second kappa shape index (κ2) is 4.22. The number of aliphatic hydroxyl groups is 1. The number of halogens is 3. The molecule has 1 saturated heterocycles. The molecular weight excluding hydrogens is 255 g/mol. The van der Waals surface area contributed by atoms with Crippen molar-refractivity contribution in [1.29, 1.82) is 0 Å². The monoisotopic (exact) mass is 267 g/mol. The van der Waals surface area contributed by atoms with Gasteiger partial charge in [0.25, 0.3) is 0 Å². The SMILES string of the molecule is CC1CC(O)(c2cnc(C(F)(F)F)s2)CCO1. The number of hydrogen-bond donors (Lipinski definition) is 1. The van der Waals surface area contributed by atoms with Gasteiger partial charge in [-0.25, -0.2) is 4.98 Å². The lowest BCUT2D eigenvalue weighted by atomic mass is 9.90. The third-order valence-electron chi connectivity index (χ3n) is 2.75. The number of thiazole rings is 1. The molecule has 17 heavy (non-hydrogen) atoms. The van der Waals surface area contributed by atoms with Crippen LogP contribution in [0.3, 0.4) is 0 Å². The van der Waals surface area contributed by atoms with Crippen LogP contribution in [0.5, 0.6) is 0 Å². The third kappa shape index (κ3) is 2.61. The Labute approximate surface area is 100 Å². The van der Waals surface area contributed by atoms with Crippen molar-refractivity contribution in [3.05, 3.63) is 16.1 Å². The van der Waals surface area contributed by atoms with E-state index < -0.39 is 16.8 Å². The van der Waals surface area contributed by atoms with Gasteiger partial charge in [-0.05, 0) is 6.92 Å². The Bertz CT molecular complexity index is 407. The Kier molecular flexibility index (Phi) is 3.17. The molecule has 7 heteroatoms. The summed E-state index contributed by atoms with van der Waals surface area (Å²) in [5.74, 6) is 0. The van der Waals surface area contributed by atoms with Crippen LogP contribution in [0.2, 0.25) is 0 Å². The molecule has 1 aromatic rings. The molecule has 2 heterocycles. The average Bonchev–Trinajstić information content (AvgIpc) is 2.65. The molecule has 2 atom stereocenters. The van der Waals surface area contributed by atoms with E-state index in [2.05, 4.69) is 4.98 Å². The summed E-state index contributed by atoms with van der Waals surface area (Å²) in [6.45, 7) is 2.13. The first-order valence-corrected chi connectivity index (χ1v) is 6.00. The molecule has 1 N–H and O–H groups in total. The van der Waals surface area contributed by atoms with Gasteiger partial charge in [0.15, 0.2) is 5.01 Å². The molecule has 3 nitrogen and oxygen atoms in total. The fraction of sp³-hybridized carbons (Fsp3) is 0.700. The van der Waals surface area contributed by atoms with Crippen LogP contribution in [0.15, 0.2) is 6.20 Å². The second-order valence-corrected chi connectivity index (χ2v) is 5.23. The van der Waals surface area contributed by atoms with E-state index in [1.807, 2.05) is 0 Å². The summed E-state index contributed by atoms with van der Waals surface area (Å²) < 4.78 is 42.5. The van der Waals surface area contributed by atoms with Crippen LogP contribution in [-0.2, 0) is 16.5 Å². The Morgan fingerprint density at radius 1 is 1.59 bits per heavy atom. The molecule has 0 spiro atoms. The Balaban J connectivity index is 2.24. The fourth-order valence-electron chi connectivity index (χ4n) is 1.91. The van der Waals surface area contributed by atoms with Crippen LogP contribution < -0.4 is 0 Å². The van der Waals surface area contributed by atoms with Crippen molar-refractivity contribution in [2.24, 2.45) is 0 Å². The number of rotatable bonds is 1. The Morgan fingerprint density at radius 3 is 2.82 bits per heavy atom. The van der Waals surface area contributed by atoms with Crippen LogP contribution >= 0.6 is 11.3 Å². The van der Waals surface area contributed by atoms with Gasteiger partial charge in [-0.1, -0.05) is 0 Å². The van der Waals surface area contributed by atoms with Crippen LogP contribution in [-0.4, -0.2) is 22.8 Å². The van der Waals surface area contributed by atoms with Gasteiger partial charge in [0, 0.05) is 19.0 Å². The topological polar surface area (TPSA) is 42.4 Å². The van der Waals surface area contributed by atoms with E-state index in [9.17, 15) is 18.3 Å². The summed E-state index contributed by atoms with van der Waals surface area (Å²) in [7, 11) is 0. The molecule has 0 radical (unpaired) electrons. The zero-order valence-electron chi connectivity index (χ0n) is 9.12. The van der Waals surface area contributed by atoms with Crippen molar-refractivity contribution < 1.29 is 23.0 Å². The summed E-state index contributed by atoms with van der Waals surface area (Å²) >= 11 is 0.506. The van der Waals surface area contributed by atoms with Crippen molar-refractivity contribution in [3.63, 3.8) is 0 Å². The lowest BCUT2D eigenvalue weighted by molar-refractivity contribution is -0.137. The molecule has 1 aliphatic rings. The maximum atomic E-state index is 12.4. The Morgan fingerprint density at radius 2 is 2.29 bits per heavy atom. The maximum Gasteiger partial charge on any atom is 0.443 e. The fourth-order valence-corrected chi connectivity index (χ4v) is 2.82. The predicted molar refractivity (Wildman–Crippen MR) is 55.7 cm³/mol. The largest absolute Gasteiger partial charge is 0.443 e. The normalized spacial score (nSPS) is 30.5. The Hall–Kier alpha value is -0.660. The molecule has 1 fully saturated rings. The molecule has 2 unspecified atom stereocenters. The van der Waals surface area contributed by atoms with Crippen LogP contribution in [0.25, 0.3) is 0 Å². The van der Waals surface area contributed by atoms with E-state index in [0.717, 1.165) is 6.20 Å². The highest BCUT2D eigenvalue weighted by atomic mass is 32.1. The first-order chi connectivity index (χ1) is 7.81. The van der Waals surface area contributed by atoms with Crippen molar-refractivity contribution in [2.75, 3.05) is 6.61 Å². The lowest BCUT2D eigenvalue weighted by Crippen LogP contribution is -2.36. The number of alkyl halides is 3. The quantitative estimate of drug-likeness (QED) is 0.850. The number of hydrogen-bond acceptors (Lipinski definition) is 4. The summed E-state index contributed by atoms with van der Waals surface area (Å²) in [6, 6.07) is 0. The van der Waals surface area contributed by atoms with E-state index in [1.54, 1.807) is 6.92 Å². The third-order valence-corrected chi connectivity index (χ3v) is 3.99. The molecule has 96 valence electrons. The predicted octanol–water partition coefficient (Wildman–Crippen LogP) is 2.55. The molecule has 0 amide bonds. The van der Waals surface area contributed by atoms with Crippen molar-refractivity contribution in [1.82, 2.24) is 4.98 Å². The van der Waals surface area contributed by atoms with Gasteiger partial charge in [0.2, 0.25) is 0 Å². The highest BCUT2D eigenvalue weighted by molar-refractivity contribution is 7.11. The lowest BCUT2D eigenvalue weighted by Gasteiger charge is -2.34. The van der Waals surface area contributed by atoms with Gasteiger partial charge in [0.05, 0.1) is 17.6 Å². The highest BCUT2D eigenvalue weighted by Gasteiger charge is 2.40. The van der Waals surface area contributed by atoms with Crippen LogP contribution in [0.4, 0.5) is 13.2 Å². The zero-order valence-corrected chi connectivity index (χ0v) is 9.94. The van der Waals surface area contributed by atoms with Crippen LogP contribution in [0.1, 0.15) is 29.7 Å². The molecule has 0 aliphatic carbocycles. The smallest absolute Gasteiger partial charge is 0.384 e. The summed E-state index contributed by atoms with van der Waals surface area (Å²) in [4.78, 5) is 3.59. The minimum absolute atomic E-state index is 0.162. The first kappa shape index (κ1) is 12.8. The maximum absolute atomic E-state index is 12.4. The van der Waals surface area contributed by atoms with Gasteiger partial charge in [-0.15, -0.1) is 11.3 Å². The summed E-state index contributed by atoms with van der Waals surface area (Å²) in [5.41, 5.74) is -1.24. The molecule has 0 aromatic carbocycles. The van der Waals surface area contributed by atoms with E-state index in [0.29, 0.717) is 30.8 Å². The van der Waals surface area contributed by atoms with Gasteiger partial charge in [0.1, 0.15) is 5.60 Å². The minimum Gasteiger partial charge on any atom is -0.384 e. The number of ether oxygens (including phenoxy) is 1. The summed E-state index contributed by atoms with van der Waals surface area (Å²) in [5, 5.41) is 9.40. The van der Waals surface area contributed by atoms with Gasteiger partial charge in [-0.2, -0.15) is 13.2 Å². The van der Waals surface area contributed by atoms with Crippen LogP contribution in [0, 0.1) is 0 Å².